The van der Waals surface area contributed by atoms with Gasteiger partial charge in [-0.1, -0.05) is 30.3 Å². The third-order valence-corrected chi connectivity index (χ3v) is 2.95. The monoisotopic (exact) mass is 259 g/mol. The van der Waals surface area contributed by atoms with E-state index in [9.17, 15) is 4.39 Å². The molecule has 0 aromatic heterocycles. The van der Waals surface area contributed by atoms with Crippen LogP contribution in [-0.2, 0) is 6.42 Å². The lowest BCUT2D eigenvalue weighted by atomic mass is 10.1. The Morgan fingerprint density at radius 3 is 2.58 bits per heavy atom. The van der Waals surface area contributed by atoms with E-state index in [2.05, 4.69) is 0 Å². The van der Waals surface area contributed by atoms with Crippen LogP contribution in [0.2, 0.25) is 0 Å². The van der Waals surface area contributed by atoms with Gasteiger partial charge in [0.1, 0.15) is 17.7 Å². The summed E-state index contributed by atoms with van der Waals surface area (Å²) in [6.07, 6.45) is 0.530. The highest BCUT2D eigenvalue weighted by molar-refractivity contribution is 5.31. The summed E-state index contributed by atoms with van der Waals surface area (Å²) in [7, 11) is 0. The predicted molar refractivity (Wildman–Crippen MR) is 74.6 cm³/mol. The second-order valence-electron chi connectivity index (χ2n) is 4.50. The van der Waals surface area contributed by atoms with Gasteiger partial charge in [0, 0.05) is 6.07 Å². The van der Waals surface area contributed by atoms with Crippen LogP contribution in [-0.4, -0.2) is 6.54 Å². The Kier molecular flexibility index (Phi) is 4.53. The van der Waals surface area contributed by atoms with Crippen molar-refractivity contribution in [2.24, 2.45) is 5.73 Å². The third-order valence-electron chi connectivity index (χ3n) is 2.95. The lowest BCUT2D eigenvalue weighted by Gasteiger charge is -2.16. The molecule has 2 rings (SSSR count). The Hall–Kier alpha value is -1.87. The van der Waals surface area contributed by atoms with E-state index in [0.717, 1.165) is 11.1 Å². The Labute approximate surface area is 113 Å². The molecule has 19 heavy (non-hydrogen) atoms. The number of benzene rings is 2. The van der Waals surface area contributed by atoms with E-state index in [4.69, 9.17) is 10.5 Å². The molecule has 0 spiro atoms. The molecule has 0 aliphatic rings. The average Bonchev–Trinajstić information content (AvgIpc) is 2.39. The van der Waals surface area contributed by atoms with Crippen LogP contribution in [0, 0.1) is 5.82 Å². The van der Waals surface area contributed by atoms with Crippen LogP contribution < -0.4 is 10.5 Å². The Morgan fingerprint density at radius 2 is 1.89 bits per heavy atom. The molecule has 0 saturated carbocycles. The molecule has 100 valence electrons. The van der Waals surface area contributed by atoms with E-state index < -0.39 is 0 Å². The van der Waals surface area contributed by atoms with Crippen LogP contribution in [0.1, 0.15) is 24.2 Å². The zero-order chi connectivity index (χ0) is 13.7. The predicted octanol–water partition coefficient (Wildman–Crippen LogP) is 3.47. The number of halogens is 1. The summed E-state index contributed by atoms with van der Waals surface area (Å²) in [6, 6.07) is 14.6. The van der Waals surface area contributed by atoms with E-state index in [1.165, 1.54) is 12.1 Å². The van der Waals surface area contributed by atoms with Crippen molar-refractivity contribution in [1.82, 2.24) is 0 Å². The molecule has 2 aromatic carbocycles. The summed E-state index contributed by atoms with van der Waals surface area (Å²) < 4.78 is 19.3. The van der Waals surface area contributed by atoms with Crippen molar-refractivity contribution in [1.29, 1.82) is 0 Å². The van der Waals surface area contributed by atoms with Crippen LogP contribution in [0.25, 0.3) is 0 Å². The fourth-order valence-electron chi connectivity index (χ4n) is 2.00. The van der Waals surface area contributed by atoms with Crippen molar-refractivity contribution < 1.29 is 9.13 Å². The van der Waals surface area contributed by atoms with Gasteiger partial charge in [0.25, 0.3) is 0 Å². The molecule has 1 unspecified atom stereocenters. The van der Waals surface area contributed by atoms with Gasteiger partial charge in [0.2, 0.25) is 0 Å². The van der Waals surface area contributed by atoms with Gasteiger partial charge in [-0.3, -0.25) is 0 Å². The van der Waals surface area contributed by atoms with E-state index >= 15 is 0 Å². The molecule has 1 atom stereocenters. The van der Waals surface area contributed by atoms with Gasteiger partial charge in [0.15, 0.2) is 0 Å². The number of hydrogen-bond donors (Lipinski definition) is 1. The van der Waals surface area contributed by atoms with Crippen molar-refractivity contribution in [3.63, 3.8) is 0 Å². The van der Waals surface area contributed by atoms with Crippen LogP contribution in [0.5, 0.6) is 5.75 Å². The first kappa shape index (κ1) is 13.6. The number of ether oxygens (including phenoxy) is 1. The quantitative estimate of drug-likeness (QED) is 0.892. The van der Waals surface area contributed by atoms with Crippen molar-refractivity contribution in [2.75, 3.05) is 6.54 Å². The maximum Gasteiger partial charge on any atom is 0.127 e. The molecule has 0 saturated heterocycles. The molecule has 2 aromatic rings. The molecule has 0 amide bonds. The van der Waals surface area contributed by atoms with Crippen molar-refractivity contribution in [3.05, 3.63) is 65.5 Å². The average molecular weight is 259 g/mol. The third kappa shape index (κ3) is 3.80. The lowest BCUT2D eigenvalue weighted by molar-refractivity contribution is 0.226. The zero-order valence-corrected chi connectivity index (χ0v) is 11.0. The minimum Gasteiger partial charge on any atom is -0.486 e. The molecule has 2 N–H and O–H groups in total. The van der Waals surface area contributed by atoms with Gasteiger partial charge in [-0.2, -0.15) is 0 Å². The highest BCUT2D eigenvalue weighted by Gasteiger charge is 2.08. The Bertz CT molecular complexity index is 528. The molecule has 0 radical (unpaired) electrons. The Morgan fingerprint density at radius 1 is 1.16 bits per heavy atom. The normalized spacial score (nSPS) is 12.2. The number of nitrogens with two attached hydrogens (primary N) is 1. The summed E-state index contributed by atoms with van der Waals surface area (Å²) >= 11 is 0. The smallest absolute Gasteiger partial charge is 0.127 e. The summed E-state index contributed by atoms with van der Waals surface area (Å²) in [6.45, 7) is 2.44. The first-order valence-electron chi connectivity index (χ1n) is 6.40. The summed E-state index contributed by atoms with van der Waals surface area (Å²) in [5, 5.41) is 0. The summed E-state index contributed by atoms with van der Waals surface area (Å²) in [4.78, 5) is 0. The topological polar surface area (TPSA) is 35.2 Å². The summed E-state index contributed by atoms with van der Waals surface area (Å²) in [5.74, 6) is 0.251. The second-order valence-corrected chi connectivity index (χ2v) is 4.50. The molecule has 0 bridgehead atoms. The minimum absolute atomic E-state index is 0.117. The van der Waals surface area contributed by atoms with Gasteiger partial charge in [-0.15, -0.1) is 0 Å². The standard InChI is InChI=1S/C16H18FNO/c1-12(14-5-3-2-4-6-14)19-16-10-13(7-8-18)9-15(17)11-16/h2-6,9-12H,7-8,18H2,1H3. The van der Waals surface area contributed by atoms with Crippen molar-refractivity contribution in [3.8, 4) is 5.75 Å². The molecule has 0 aliphatic heterocycles. The molecule has 0 aliphatic carbocycles. The molecular weight excluding hydrogens is 241 g/mol. The first-order valence-corrected chi connectivity index (χ1v) is 6.40. The van der Waals surface area contributed by atoms with Crippen LogP contribution in [0.15, 0.2) is 48.5 Å². The van der Waals surface area contributed by atoms with Crippen LogP contribution in [0.4, 0.5) is 4.39 Å². The Balaban J connectivity index is 2.14. The minimum atomic E-state index is -0.291. The summed E-state index contributed by atoms with van der Waals surface area (Å²) in [5.41, 5.74) is 7.41. The maximum atomic E-state index is 13.5. The lowest BCUT2D eigenvalue weighted by Crippen LogP contribution is -2.05. The fourth-order valence-corrected chi connectivity index (χ4v) is 2.00. The molecule has 2 nitrogen and oxygen atoms in total. The van der Waals surface area contributed by atoms with Crippen molar-refractivity contribution >= 4 is 0 Å². The maximum absolute atomic E-state index is 13.5. The van der Waals surface area contributed by atoms with Crippen LogP contribution in [0.3, 0.4) is 0 Å². The van der Waals surface area contributed by atoms with E-state index in [0.29, 0.717) is 18.7 Å². The zero-order valence-electron chi connectivity index (χ0n) is 11.0. The number of rotatable bonds is 5. The van der Waals surface area contributed by atoms with Crippen LogP contribution >= 0.6 is 0 Å². The van der Waals surface area contributed by atoms with Gasteiger partial charge in [-0.05, 0) is 43.1 Å². The van der Waals surface area contributed by atoms with Gasteiger partial charge in [0.05, 0.1) is 0 Å². The molecule has 3 heteroatoms. The molecular formula is C16H18FNO. The fraction of sp³-hybridized carbons (Fsp3) is 0.250. The van der Waals surface area contributed by atoms with Gasteiger partial charge < -0.3 is 10.5 Å². The molecule has 0 fully saturated rings. The first-order chi connectivity index (χ1) is 9.19. The van der Waals surface area contributed by atoms with Gasteiger partial charge >= 0.3 is 0 Å². The second kappa shape index (κ2) is 6.34. The SMILES string of the molecule is CC(Oc1cc(F)cc(CCN)c1)c1ccccc1. The molecule has 0 heterocycles. The van der Waals surface area contributed by atoms with Gasteiger partial charge in [-0.25, -0.2) is 4.39 Å². The van der Waals surface area contributed by atoms with E-state index in [1.54, 1.807) is 0 Å². The van der Waals surface area contributed by atoms with E-state index in [1.807, 2.05) is 43.3 Å². The highest BCUT2D eigenvalue weighted by Crippen LogP contribution is 2.23. The van der Waals surface area contributed by atoms with E-state index in [-0.39, 0.29) is 11.9 Å². The van der Waals surface area contributed by atoms with Crippen molar-refractivity contribution in [2.45, 2.75) is 19.4 Å². The largest absolute Gasteiger partial charge is 0.486 e. The number of hydrogen-bond acceptors (Lipinski definition) is 2. The highest BCUT2D eigenvalue weighted by atomic mass is 19.1.